The quantitative estimate of drug-likeness (QED) is 0.505. The average Bonchev–Trinajstić information content (AvgIpc) is 2.90. The Hall–Kier alpha value is -3.51. The maximum atomic E-state index is 13.9. The summed E-state index contributed by atoms with van der Waals surface area (Å²) in [5.74, 6) is -0.563. The van der Waals surface area contributed by atoms with Gasteiger partial charge in [-0.3, -0.25) is 14.9 Å². The van der Waals surface area contributed by atoms with Crippen molar-refractivity contribution < 1.29 is 46.4 Å². The molecule has 1 heterocycles. The van der Waals surface area contributed by atoms with E-state index in [1.165, 1.54) is 28.4 Å². The molecule has 196 valence electrons. The highest BCUT2D eigenvalue weighted by Gasteiger charge is 2.57. The van der Waals surface area contributed by atoms with Crippen molar-refractivity contribution in [3.05, 3.63) is 47.5 Å². The summed E-state index contributed by atoms with van der Waals surface area (Å²) in [7, 11) is 3.45. The summed E-state index contributed by atoms with van der Waals surface area (Å²) in [5, 5.41) is -0.322. The lowest BCUT2D eigenvalue weighted by Gasteiger charge is -2.40. The molecule has 1 saturated heterocycles. The second-order valence-electron chi connectivity index (χ2n) is 7.83. The molecule has 0 bridgehead atoms. The van der Waals surface area contributed by atoms with Crippen molar-refractivity contribution in [2.24, 2.45) is 0 Å². The molecule has 4 atom stereocenters. The minimum Gasteiger partial charge on any atom is -0.493 e. The Morgan fingerprint density at radius 2 is 1.00 bits per heavy atom. The van der Waals surface area contributed by atoms with Crippen molar-refractivity contribution in [1.29, 1.82) is 0 Å². The molecule has 2 aromatic rings. The molecule has 11 nitrogen and oxygen atoms in total. The van der Waals surface area contributed by atoms with Crippen LogP contribution in [0.5, 0.6) is 23.0 Å². The third-order valence-electron chi connectivity index (χ3n) is 6.07. The predicted octanol–water partition coefficient (Wildman–Crippen LogP) is 1.60. The highest BCUT2D eigenvalue weighted by atomic mass is 32.2. The van der Waals surface area contributed by atoms with E-state index in [0.29, 0.717) is 34.1 Å². The molecule has 0 aromatic heterocycles. The fraction of sp³-hybridized carbons (Fsp3) is 0.417. The van der Waals surface area contributed by atoms with E-state index in [9.17, 15) is 18.0 Å². The number of carbonyl (C=O) groups is 2. The number of sulfone groups is 1. The standard InChI is InChI=1S/C24H29NO10S/c1-30-15-9-7-13(11-17(15)32-3)19-21(23(26)34-5)36(28,29)22(24(27)35-6)20(25-19)14-8-10-16(31-2)18(12-14)33-4/h7-12,19-22,25H,1-6H3/t19-,20-,21-,22-/m0/s1. The lowest BCUT2D eigenvalue weighted by molar-refractivity contribution is -0.142. The van der Waals surface area contributed by atoms with E-state index in [1.807, 2.05) is 0 Å². The Kier molecular flexibility index (Phi) is 8.31. The number of methoxy groups -OCH3 is 6. The molecular weight excluding hydrogens is 494 g/mol. The van der Waals surface area contributed by atoms with Gasteiger partial charge >= 0.3 is 11.9 Å². The normalized spacial score (nSPS) is 22.7. The Morgan fingerprint density at radius 3 is 1.31 bits per heavy atom. The molecule has 1 aliphatic heterocycles. The van der Waals surface area contributed by atoms with Crippen LogP contribution in [-0.4, -0.2) is 73.5 Å². The maximum Gasteiger partial charge on any atom is 0.326 e. The van der Waals surface area contributed by atoms with Gasteiger partial charge in [-0.25, -0.2) is 8.42 Å². The number of benzene rings is 2. The number of nitrogens with one attached hydrogen (secondary N) is 1. The first-order valence-corrected chi connectivity index (χ1v) is 12.4. The van der Waals surface area contributed by atoms with E-state index in [4.69, 9.17) is 28.4 Å². The molecule has 12 heteroatoms. The molecule has 1 fully saturated rings. The highest BCUT2D eigenvalue weighted by molar-refractivity contribution is 7.94. The van der Waals surface area contributed by atoms with Gasteiger partial charge < -0.3 is 28.4 Å². The number of carbonyl (C=O) groups excluding carboxylic acids is 2. The van der Waals surface area contributed by atoms with E-state index in [2.05, 4.69) is 5.32 Å². The minimum absolute atomic E-state index is 0.329. The van der Waals surface area contributed by atoms with Crippen LogP contribution in [0.25, 0.3) is 0 Å². The van der Waals surface area contributed by atoms with Crippen molar-refractivity contribution in [3.63, 3.8) is 0 Å². The summed E-state index contributed by atoms with van der Waals surface area (Å²) in [4.78, 5) is 25.7. The van der Waals surface area contributed by atoms with Gasteiger partial charge in [0.05, 0.1) is 54.7 Å². The lowest BCUT2D eigenvalue weighted by Crippen LogP contribution is -2.59. The number of hydrogen-bond acceptors (Lipinski definition) is 11. The van der Waals surface area contributed by atoms with Gasteiger partial charge in [-0.05, 0) is 35.4 Å². The zero-order valence-corrected chi connectivity index (χ0v) is 21.6. The second-order valence-corrected chi connectivity index (χ2v) is 10.0. The van der Waals surface area contributed by atoms with Crippen LogP contribution in [0.2, 0.25) is 0 Å². The van der Waals surface area contributed by atoms with E-state index in [0.717, 1.165) is 14.2 Å². The Balaban J connectivity index is 2.25. The summed E-state index contributed by atoms with van der Waals surface area (Å²) in [6, 6.07) is 7.30. The molecule has 1 aliphatic rings. The third-order valence-corrected chi connectivity index (χ3v) is 8.42. The maximum absolute atomic E-state index is 13.9. The largest absolute Gasteiger partial charge is 0.493 e. The molecule has 3 rings (SSSR count). The first-order valence-electron chi connectivity index (χ1n) is 10.8. The zero-order valence-electron chi connectivity index (χ0n) is 20.8. The molecule has 1 N–H and O–H groups in total. The molecule has 0 amide bonds. The Labute approximate surface area is 209 Å². The number of rotatable bonds is 8. The summed E-state index contributed by atoms with van der Waals surface area (Å²) in [6.45, 7) is 0. The first kappa shape index (κ1) is 27.1. The molecular formula is C24H29NO10S. The lowest BCUT2D eigenvalue weighted by atomic mass is 9.96. The number of esters is 2. The van der Waals surface area contributed by atoms with Crippen LogP contribution in [0.4, 0.5) is 0 Å². The fourth-order valence-electron chi connectivity index (χ4n) is 4.31. The zero-order chi connectivity index (χ0) is 26.6. The van der Waals surface area contributed by atoms with E-state index < -0.39 is 44.4 Å². The molecule has 0 radical (unpaired) electrons. The van der Waals surface area contributed by atoms with Gasteiger partial charge in [0.1, 0.15) is 0 Å². The molecule has 0 unspecified atom stereocenters. The van der Waals surface area contributed by atoms with Crippen LogP contribution in [0, 0.1) is 0 Å². The third kappa shape index (κ3) is 4.78. The van der Waals surface area contributed by atoms with Crippen molar-refractivity contribution >= 4 is 21.8 Å². The van der Waals surface area contributed by atoms with Crippen LogP contribution in [0.3, 0.4) is 0 Å². The van der Waals surface area contributed by atoms with Gasteiger partial charge in [0.2, 0.25) is 0 Å². The number of ether oxygens (including phenoxy) is 6. The van der Waals surface area contributed by atoms with Crippen LogP contribution < -0.4 is 24.3 Å². The van der Waals surface area contributed by atoms with E-state index in [-0.39, 0.29) is 0 Å². The van der Waals surface area contributed by atoms with Crippen LogP contribution >= 0.6 is 0 Å². The van der Waals surface area contributed by atoms with E-state index in [1.54, 1.807) is 36.4 Å². The summed E-state index contributed by atoms with van der Waals surface area (Å²) < 4.78 is 58.7. The molecule has 0 spiro atoms. The van der Waals surface area contributed by atoms with Crippen molar-refractivity contribution in [3.8, 4) is 23.0 Å². The molecule has 0 aliphatic carbocycles. The van der Waals surface area contributed by atoms with Crippen LogP contribution in [0.1, 0.15) is 23.2 Å². The SMILES string of the molecule is COC(=O)[C@@H]1[C@H](c2ccc(OC)c(OC)c2)N[C@@H](c2ccc(OC)c(OC)c2)[C@@H](C(=O)OC)S1(=O)=O. The topological polar surface area (TPSA) is 136 Å². The monoisotopic (exact) mass is 523 g/mol. The number of hydrogen-bond donors (Lipinski definition) is 1. The van der Waals surface area contributed by atoms with Gasteiger partial charge in [-0.1, -0.05) is 12.1 Å². The van der Waals surface area contributed by atoms with E-state index >= 15 is 0 Å². The summed E-state index contributed by atoms with van der Waals surface area (Å²) >= 11 is 0. The highest BCUT2D eigenvalue weighted by Crippen LogP contribution is 2.42. The summed E-state index contributed by atoms with van der Waals surface area (Å²) in [5.41, 5.74) is 0.806. The Bertz CT molecular complexity index is 1140. The van der Waals surface area contributed by atoms with Crippen molar-refractivity contribution in [2.45, 2.75) is 22.6 Å². The van der Waals surface area contributed by atoms with Gasteiger partial charge in [-0.15, -0.1) is 0 Å². The minimum atomic E-state index is -4.51. The smallest absolute Gasteiger partial charge is 0.326 e. The first-order chi connectivity index (χ1) is 17.2. The van der Waals surface area contributed by atoms with Gasteiger partial charge in [0, 0.05) is 0 Å². The second kappa shape index (κ2) is 11.0. The van der Waals surface area contributed by atoms with Gasteiger partial charge in [0.25, 0.3) is 0 Å². The van der Waals surface area contributed by atoms with Crippen molar-refractivity contribution in [2.75, 3.05) is 42.7 Å². The molecule has 2 aromatic carbocycles. The summed E-state index contributed by atoms with van der Waals surface area (Å²) in [6.07, 6.45) is 0. The van der Waals surface area contributed by atoms with Crippen molar-refractivity contribution in [1.82, 2.24) is 5.32 Å². The molecule has 36 heavy (non-hydrogen) atoms. The van der Waals surface area contributed by atoms with Gasteiger partial charge in [-0.2, -0.15) is 0 Å². The fourth-order valence-corrected chi connectivity index (χ4v) is 6.59. The average molecular weight is 524 g/mol. The molecule has 0 saturated carbocycles. The van der Waals surface area contributed by atoms with Gasteiger partial charge in [0.15, 0.2) is 43.3 Å². The predicted molar refractivity (Wildman–Crippen MR) is 128 cm³/mol. The Morgan fingerprint density at radius 1 is 0.639 bits per heavy atom. The van der Waals surface area contributed by atoms with Crippen LogP contribution in [0.15, 0.2) is 36.4 Å². The van der Waals surface area contributed by atoms with Crippen LogP contribution in [-0.2, 0) is 28.9 Å².